The molecule has 1 fully saturated rings. The monoisotopic (exact) mass is 486 g/mol. The van der Waals surface area contributed by atoms with Gasteiger partial charge in [0.25, 0.3) is 0 Å². The van der Waals surface area contributed by atoms with Gasteiger partial charge in [0.05, 0.1) is 5.92 Å². The minimum atomic E-state index is 0.108. The van der Waals surface area contributed by atoms with Gasteiger partial charge < -0.3 is 14.8 Å². The van der Waals surface area contributed by atoms with Gasteiger partial charge >= 0.3 is 0 Å². The molecule has 1 N–H and O–H groups in total. The normalized spacial score (nSPS) is 19.0. The van der Waals surface area contributed by atoms with E-state index in [9.17, 15) is 4.79 Å². The van der Waals surface area contributed by atoms with Crippen molar-refractivity contribution in [1.29, 1.82) is 0 Å². The second-order valence-electron chi connectivity index (χ2n) is 10.4. The van der Waals surface area contributed by atoms with Crippen LogP contribution in [-0.4, -0.2) is 70.2 Å². The first-order chi connectivity index (χ1) is 17.6. The maximum Gasteiger partial charge on any atom is 0.224 e. The Morgan fingerprint density at radius 2 is 1.94 bits per heavy atom. The highest BCUT2D eigenvalue weighted by molar-refractivity contribution is 5.78. The Morgan fingerprint density at radius 1 is 1.06 bits per heavy atom. The van der Waals surface area contributed by atoms with Gasteiger partial charge in [-0.15, -0.1) is 10.2 Å². The van der Waals surface area contributed by atoms with Crippen LogP contribution in [0.25, 0.3) is 11.1 Å². The standard InChI is InChI=1S/C29H38N6O/c1-22-7-3-4-11-26(22)24-9-5-8-23(19-24)20-34-16-13-28-32-31-27(35(28)18-17-34)12-14-30-29(36)25-10-6-15-33(2)21-25/h3-5,7-9,11,19,25H,6,10,12-18,20-21H2,1-2H3,(H,30,36)/t25-/m0/s1. The number of nitrogens with zero attached hydrogens (tertiary/aromatic N) is 5. The zero-order chi connectivity index (χ0) is 24.9. The molecule has 0 bridgehead atoms. The van der Waals surface area contributed by atoms with Crippen molar-refractivity contribution >= 4 is 5.91 Å². The number of likely N-dealkylation sites (tertiary alicyclic amines) is 1. The molecule has 1 amide bonds. The first-order valence-corrected chi connectivity index (χ1v) is 13.3. The second kappa shape index (κ2) is 11.4. The zero-order valence-corrected chi connectivity index (χ0v) is 21.6. The van der Waals surface area contributed by atoms with E-state index in [1.54, 1.807) is 0 Å². The number of hydrogen-bond donors (Lipinski definition) is 1. The highest BCUT2D eigenvalue weighted by Crippen LogP contribution is 2.24. The van der Waals surface area contributed by atoms with E-state index >= 15 is 0 Å². The first kappa shape index (κ1) is 24.7. The topological polar surface area (TPSA) is 66.3 Å². The third-order valence-electron chi connectivity index (χ3n) is 7.63. The van der Waals surface area contributed by atoms with Crippen LogP contribution in [0.3, 0.4) is 0 Å². The van der Waals surface area contributed by atoms with Gasteiger partial charge in [0.2, 0.25) is 5.91 Å². The molecule has 190 valence electrons. The molecule has 36 heavy (non-hydrogen) atoms. The molecular weight excluding hydrogens is 448 g/mol. The number of aromatic nitrogens is 3. The molecule has 0 spiro atoms. The molecule has 2 aliphatic heterocycles. The van der Waals surface area contributed by atoms with Gasteiger partial charge in [0, 0.05) is 52.1 Å². The van der Waals surface area contributed by atoms with Gasteiger partial charge in [0.1, 0.15) is 11.6 Å². The molecule has 1 aromatic heterocycles. The van der Waals surface area contributed by atoms with Crippen LogP contribution in [0.5, 0.6) is 0 Å². The van der Waals surface area contributed by atoms with E-state index in [0.29, 0.717) is 6.54 Å². The SMILES string of the molecule is Cc1ccccc1-c1cccc(CN2CCc3nnc(CCNC(=O)[C@H]4CCCN(C)C4)n3CC2)c1. The summed E-state index contributed by atoms with van der Waals surface area (Å²) in [6, 6.07) is 17.5. The van der Waals surface area contributed by atoms with Crippen molar-refractivity contribution in [1.82, 2.24) is 29.9 Å². The fourth-order valence-electron chi connectivity index (χ4n) is 5.58. The number of benzene rings is 2. The molecule has 0 aliphatic carbocycles. The summed E-state index contributed by atoms with van der Waals surface area (Å²) in [5.74, 6) is 2.32. The molecule has 0 radical (unpaired) electrons. The van der Waals surface area contributed by atoms with Crippen molar-refractivity contribution in [2.24, 2.45) is 5.92 Å². The van der Waals surface area contributed by atoms with Crippen molar-refractivity contribution in [3.63, 3.8) is 0 Å². The van der Waals surface area contributed by atoms with Gasteiger partial charge in [-0.05, 0) is 61.7 Å². The number of amides is 1. The predicted octanol–water partition coefficient (Wildman–Crippen LogP) is 3.31. The summed E-state index contributed by atoms with van der Waals surface area (Å²) in [7, 11) is 2.09. The summed E-state index contributed by atoms with van der Waals surface area (Å²) in [5.41, 5.74) is 5.22. The third kappa shape index (κ3) is 5.85. The molecular formula is C29H38N6O. The molecule has 1 saturated heterocycles. The Hall–Kier alpha value is -3.03. The van der Waals surface area contributed by atoms with Gasteiger partial charge in [-0.1, -0.05) is 42.5 Å². The molecule has 2 aromatic carbocycles. The number of fused-ring (bicyclic) bond motifs is 1. The van der Waals surface area contributed by atoms with E-state index in [0.717, 1.165) is 76.6 Å². The maximum atomic E-state index is 12.6. The van der Waals surface area contributed by atoms with Crippen molar-refractivity contribution in [3.05, 3.63) is 71.3 Å². The van der Waals surface area contributed by atoms with Crippen LogP contribution < -0.4 is 5.32 Å². The van der Waals surface area contributed by atoms with Crippen LogP contribution in [0.2, 0.25) is 0 Å². The van der Waals surface area contributed by atoms with Gasteiger partial charge in [-0.25, -0.2) is 0 Å². The molecule has 7 nitrogen and oxygen atoms in total. The van der Waals surface area contributed by atoms with Crippen LogP contribution >= 0.6 is 0 Å². The summed E-state index contributed by atoms with van der Waals surface area (Å²) >= 11 is 0. The van der Waals surface area contributed by atoms with E-state index in [1.807, 2.05) is 0 Å². The minimum absolute atomic E-state index is 0.108. The Morgan fingerprint density at radius 3 is 2.81 bits per heavy atom. The lowest BCUT2D eigenvalue weighted by Crippen LogP contribution is -2.42. The Kier molecular flexibility index (Phi) is 7.78. The summed E-state index contributed by atoms with van der Waals surface area (Å²) in [4.78, 5) is 17.3. The van der Waals surface area contributed by atoms with E-state index < -0.39 is 0 Å². The number of piperidine rings is 1. The summed E-state index contributed by atoms with van der Waals surface area (Å²) < 4.78 is 2.27. The second-order valence-corrected chi connectivity index (χ2v) is 10.4. The molecule has 3 heterocycles. The smallest absolute Gasteiger partial charge is 0.224 e. The number of nitrogens with one attached hydrogen (secondary N) is 1. The van der Waals surface area contributed by atoms with Gasteiger partial charge in [-0.3, -0.25) is 9.69 Å². The van der Waals surface area contributed by atoms with Gasteiger partial charge in [-0.2, -0.15) is 0 Å². The van der Waals surface area contributed by atoms with Crippen LogP contribution in [0.15, 0.2) is 48.5 Å². The van der Waals surface area contributed by atoms with Gasteiger partial charge in [0.15, 0.2) is 0 Å². The Bertz CT molecular complexity index is 1190. The number of aryl methyl sites for hydroxylation is 1. The van der Waals surface area contributed by atoms with Crippen LogP contribution in [0.4, 0.5) is 0 Å². The largest absolute Gasteiger partial charge is 0.355 e. The number of carbonyl (C=O) groups excluding carboxylic acids is 1. The quantitative estimate of drug-likeness (QED) is 0.555. The highest BCUT2D eigenvalue weighted by Gasteiger charge is 2.24. The predicted molar refractivity (Wildman–Crippen MR) is 143 cm³/mol. The van der Waals surface area contributed by atoms with Crippen molar-refractivity contribution in [2.45, 2.75) is 45.7 Å². The average molecular weight is 487 g/mol. The first-order valence-electron chi connectivity index (χ1n) is 13.3. The summed E-state index contributed by atoms with van der Waals surface area (Å²) in [5, 5.41) is 12.1. The fraction of sp³-hybridized carbons (Fsp3) is 0.483. The summed E-state index contributed by atoms with van der Waals surface area (Å²) in [6.07, 6.45) is 3.70. The van der Waals surface area contributed by atoms with Crippen LogP contribution in [0, 0.1) is 12.8 Å². The Balaban J connectivity index is 1.15. The highest BCUT2D eigenvalue weighted by atomic mass is 16.1. The zero-order valence-electron chi connectivity index (χ0n) is 21.6. The molecule has 5 rings (SSSR count). The van der Waals surface area contributed by atoms with Crippen LogP contribution in [-0.2, 0) is 30.7 Å². The van der Waals surface area contributed by atoms with Crippen molar-refractivity contribution < 1.29 is 4.79 Å². The number of carbonyl (C=O) groups is 1. The Labute approximate surface area is 214 Å². The van der Waals surface area contributed by atoms with E-state index in [4.69, 9.17) is 0 Å². The number of hydrogen-bond acceptors (Lipinski definition) is 5. The molecule has 3 aromatic rings. The molecule has 0 unspecified atom stereocenters. The molecule has 0 saturated carbocycles. The lowest BCUT2D eigenvalue weighted by Gasteiger charge is -2.28. The molecule has 7 heteroatoms. The lowest BCUT2D eigenvalue weighted by molar-refractivity contribution is -0.126. The van der Waals surface area contributed by atoms with Crippen LogP contribution in [0.1, 0.15) is 35.6 Å². The minimum Gasteiger partial charge on any atom is -0.355 e. The fourth-order valence-corrected chi connectivity index (χ4v) is 5.58. The van der Waals surface area contributed by atoms with E-state index in [-0.39, 0.29) is 11.8 Å². The van der Waals surface area contributed by atoms with Crippen molar-refractivity contribution in [3.8, 4) is 11.1 Å². The lowest BCUT2D eigenvalue weighted by atomic mass is 9.97. The maximum absolute atomic E-state index is 12.6. The summed E-state index contributed by atoms with van der Waals surface area (Å²) in [6.45, 7) is 8.49. The number of rotatable bonds is 7. The van der Waals surface area contributed by atoms with Crippen molar-refractivity contribution in [2.75, 3.05) is 39.8 Å². The third-order valence-corrected chi connectivity index (χ3v) is 7.63. The molecule has 1 atom stereocenters. The van der Waals surface area contributed by atoms with E-state index in [1.165, 1.54) is 22.3 Å². The van der Waals surface area contributed by atoms with E-state index in [2.05, 4.69) is 92.4 Å². The molecule has 2 aliphatic rings. The average Bonchev–Trinajstić information content (AvgIpc) is 3.16.